The molecular weight excluding hydrogens is 278 g/mol. The summed E-state index contributed by atoms with van der Waals surface area (Å²) in [4.78, 5) is 11.8. The molecule has 0 saturated heterocycles. The van der Waals surface area contributed by atoms with Crippen molar-refractivity contribution in [1.82, 2.24) is 0 Å². The van der Waals surface area contributed by atoms with Crippen LogP contribution in [0.5, 0.6) is 5.75 Å². The fourth-order valence-corrected chi connectivity index (χ4v) is 2.65. The third-order valence-corrected chi connectivity index (χ3v) is 3.67. The molecule has 4 nitrogen and oxygen atoms in total. The number of Topliss-reactive ketones (excluding diaryl/α,β-unsaturated/α-hetero) is 1. The highest BCUT2D eigenvalue weighted by molar-refractivity contribution is 6.49. The smallest absolute Gasteiger partial charge is 0.211 e. The summed E-state index contributed by atoms with van der Waals surface area (Å²) in [6.45, 7) is 0. The van der Waals surface area contributed by atoms with Crippen molar-refractivity contribution in [2.75, 3.05) is 0 Å². The Kier molecular flexibility index (Phi) is 2.95. The molecule has 0 unspecified atom stereocenters. The number of hydrogen-bond donors (Lipinski definition) is 2. The van der Waals surface area contributed by atoms with E-state index in [1.165, 1.54) is 6.07 Å². The number of aromatic hydroxyl groups is 1. The third kappa shape index (κ3) is 1.94. The van der Waals surface area contributed by atoms with Gasteiger partial charge in [0.25, 0.3) is 0 Å². The maximum absolute atomic E-state index is 11.8. The normalized spacial score (nSPS) is 15.7. The van der Waals surface area contributed by atoms with Gasteiger partial charge in [-0.25, -0.2) is 0 Å². The summed E-state index contributed by atoms with van der Waals surface area (Å²) >= 11 is 6.11. The van der Waals surface area contributed by atoms with Gasteiger partial charge in [-0.2, -0.15) is 0 Å². The van der Waals surface area contributed by atoms with Crippen LogP contribution < -0.4 is 0 Å². The van der Waals surface area contributed by atoms with Gasteiger partial charge in [0.05, 0.1) is 5.02 Å². The first kappa shape index (κ1) is 12.7. The molecule has 1 aliphatic carbocycles. The molecular formula is C15H10ClNO3. The molecule has 3 rings (SSSR count). The van der Waals surface area contributed by atoms with Crippen molar-refractivity contribution < 1.29 is 15.1 Å². The average Bonchev–Trinajstić information content (AvgIpc) is 2.75. The first-order chi connectivity index (χ1) is 9.60. The van der Waals surface area contributed by atoms with Crippen molar-refractivity contribution in [3.05, 3.63) is 52.5 Å². The average molecular weight is 288 g/mol. The Hall–Kier alpha value is -2.33. The van der Waals surface area contributed by atoms with E-state index in [4.69, 9.17) is 16.8 Å². The van der Waals surface area contributed by atoms with Crippen molar-refractivity contribution in [1.29, 1.82) is 0 Å². The molecule has 0 bridgehead atoms. The molecule has 0 spiro atoms. The highest BCUT2D eigenvalue weighted by Gasteiger charge is 2.27. The maximum atomic E-state index is 11.8. The molecule has 1 aliphatic rings. The van der Waals surface area contributed by atoms with Crippen molar-refractivity contribution in [3.8, 4) is 16.9 Å². The minimum Gasteiger partial charge on any atom is -0.508 e. The number of phenolic OH excluding ortho intramolecular Hbond substituents is 1. The topological polar surface area (TPSA) is 69.9 Å². The third-order valence-electron chi connectivity index (χ3n) is 3.35. The van der Waals surface area contributed by atoms with Crippen LogP contribution in [0.1, 0.15) is 15.9 Å². The van der Waals surface area contributed by atoms with Crippen LogP contribution in [-0.4, -0.2) is 21.8 Å². The summed E-state index contributed by atoms with van der Waals surface area (Å²) in [7, 11) is 0. The zero-order chi connectivity index (χ0) is 14.3. The maximum Gasteiger partial charge on any atom is 0.211 e. The first-order valence-electron chi connectivity index (χ1n) is 5.97. The molecule has 0 heterocycles. The Morgan fingerprint density at radius 3 is 2.55 bits per heavy atom. The number of halogens is 1. The lowest BCUT2D eigenvalue weighted by Crippen LogP contribution is -2.06. The lowest BCUT2D eigenvalue weighted by molar-refractivity contribution is 0.106. The Morgan fingerprint density at radius 2 is 1.85 bits per heavy atom. The number of nitrogens with zero attached hydrogens (tertiary/aromatic N) is 1. The molecule has 0 saturated carbocycles. The summed E-state index contributed by atoms with van der Waals surface area (Å²) in [6, 6.07) is 10.1. The molecule has 100 valence electrons. The highest BCUT2D eigenvalue weighted by atomic mass is 35.5. The molecule has 2 aromatic carbocycles. The van der Waals surface area contributed by atoms with E-state index in [9.17, 15) is 9.90 Å². The van der Waals surface area contributed by atoms with Crippen LogP contribution in [0, 0.1) is 0 Å². The predicted molar refractivity (Wildman–Crippen MR) is 75.8 cm³/mol. The van der Waals surface area contributed by atoms with Gasteiger partial charge in [-0.05, 0) is 35.4 Å². The molecule has 0 fully saturated rings. The molecule has 0 amide bonds. The molecule has 2 N–H and O–H groups in total. The van der Waals surface area contributed by atoms with Gasteiger partial charge in [-0.15, -0.1) is 0 Å². The number of carbonyl (C=O) groups is 1. The second-order valence-corrected chi connectivity index (χ2v) is 5.00. The van der Waals surface area contributed by atoms with Gasteiger partial charge in [0, 0.05) is 17.5 Å². The van der Waals surface area contributed by atoms with Crippen LogP contribution in [0.25, 0.3) is 11.1 Å². The Morgan fingerprint density at radius 1 is 1.10 bits per heavy atom. The first-order valence-corrected chi connectivity index (χ1v) is 6.35. The van der Waals surface area contributed by atoms with E-state index in [0.717, 1.165) is 16.7 Å². The largest absolute Gasteiger partial charge is 0.508 e. The van der Waals surface area contributed by atoms with Crippen LogP contribution in [0.4, 0.5) is 0 Å². The molecule has 0 radical (unpaired) electrons. The number of carbonyl (C=O) groups excluding carboxylic acids is 1. The standard InChI is InChI=1S/C15H10ClNO3/c16-13-7-10(18)2-4-11(13)8-1-3-12-9(5-8)6-14(17-20)15(12)19/h1-5,7,18,20H,6H2/b17-14-. The van der Waals surface area contributed by atoms with Gasteiger partial charge in [0.15, 0.2) is 0 Å². The Bertz CT molecular complexity index is 753. The van der Waals surface area contributed by atoms with Gasteiger partial charge in [0.2, 0.25) is 5.78 Å². The summed E-state index contributed by atoms with van der Waals surface area (Å²) in [6.07, 6.45) is 0.314. The highest BCUT2D eigenvalue weighted by Crippen LogP contribution is 2.33. The van der Waals surface area contributed by atoms with Crippen molar-refractivity contribution in [2.24, 2.45) is 5.16 Å². The van der Waals surface area contributed by atoms with E-state index >= 15 is 0 Å². The van der Waals surface area contributed by atoms with Crippen LogP contribution in [0.2, 0.25) is 5.02 Å². The second-order valence-electron chi connectivity index (χ2n) is 4.59. The van der Waals surface area contributed by atoms with Crippen LogP contribution in [-0.2, 0) is 6.42 Å². The SMILES string of the molecule is O=C1/C(=N\O)Cc2cc(-c3ccc(O)cc3Cl)ccc21. The molecule has 0 aliphatic heterocycles. The summed E-state index contributed by atoms with van der Waals surface area (Å²) in [5.41, 5.74) is 3.13. The molecule has 20 heavy (non-hydrogen) atoms. The molecule has 2 aromatic rings. The van der Waals surface area contributed by atoms with Crippen molar-refractivity contribution >= 4 is 23.1 Å². The van der Waals surface area contributed by atoms with Crippen molar-refractivity contribution in [3.63, 3.8) is 0 Å². The number of benzene rings is 2. The lowest BCUT2D eigenvalue weighted by atomic mass is 10.0. The van der Waals surface area contributed by atoms with Gasteiger partial charge in [-0.3, -0.25) is 4.79 Å². The number of fused-ring (bicyclic) bond motifs is 1. The number of hydrogen-bond acceptors (Lipinski definition) is 4. The quantitative estimate of drug-likeness (QED) is 0.624. The zero-order valence-electron chi connectivity index (χ0n) is 10.3. The number of rotatable bonds is 1. The van der Waals surface area contributed by atoms with Gasteiger partial charge in [-0.1, -0.05) is 28.9 Å². The van der Waals surface area contributed by atoms with E-state index in [0.29, 0.717) is 17.0 Å². The zero-order valence-corrected chi connectivity index (χ0v) is 11.1. The Balaban J connectivity index is 2.09. The molecule has 5 heteroatoms. The summed E-state index contributed by atoms with van der Waals surface area (Å²) in [5, 5.41) is 21.6. The number of phenols is 1. The Labute approximate surface area is 119 Å². The van der Waals surface area contributed by atoms with Gasteiger partial charge in [0.1, 0.15) is 11.5 Å². The fourth-order valence-electron chi connectivity index (χ4n) is 2.36. The summed E-state index contributed by atoms with van der Waals surface area (Å²) < 4.78 is 0. The fraction of sp³-hybridized carbons (Fsp3) is 0.0667. The van der Waals surface area contributed by atoms with Crippen LogP contribution >= 0.6 is 11.6 Å². The predicted octanol–water partition coefficient (Wildman–Crippen LogP) is 3.28. The monoisotopic (exact) mass is 287 g/mol. The van der Waals surface area contributed by atoms with Crippen LogP contribution in [0.3, 0.4) is 0 Å². The van der Waals surface area contributed by atoms with E-state index in [1.807, 2.05) is 6.07 Å². The minimum atomic E-state index is -0.245. The van der Waals surface area contributed by atoms with Crippen LogP contribution in [0.15, 0.2) is 41.6 Å². The summed E-state index contributed by atoms with van der Waals surface area (Å²) in [5.74, 6) is -0.143. The molecule has 0 aromatic heterocycles. The van der Waals surface area contributed by atoms with Crippen molar-refractivity contribution in [2.45, 2.75) is 6.42 Å². The van der Waals surface area contributed by atoms with E-state index < -0.39 is 0 Å². The molecule has 0 atom stereocenters. The number of ketones is 1. The van der Waals surface area contributed by atoms with E-state index in [1.54, 1.807) is 24.3 Å². The second kappa shape index (κ2) is 4.65. The number of oxime groups is 1. The lowest BCUT2D eigenvalue weighted by Gasteiger charge is -2.07. The van der Waals surface area contributed by atoms with E-state index in [-0.39, 0.29) is 17.2 Å². The van der Waals surface area contributed by atoms with E-state index in [2.05, 4.69) is 5.16 Å². The minimum absolute atomic E-state index is 0.102. The van der Waals surface area contributed by atoms with Gasteiger partial charge >= 0.3 is 0 Å². The van der Waals surface area contributed by atoms with Gasteiger partial charge < -0.3 is 10.3 Å².